The number of methoxy groups -OCH3 is 1. The van der Waals surface area contributed by atoms with Gasteiger partial charge in [0.25, 0.3) is 0 Å². The van der Waals surface area contributed by atoms with Crippen molar-refractivity contribution in [3.63, 3.8) is 0 Å². The van der Waals surface area contributed by atoms with Gasteiger partial charge in [-0.25, -0.2) is 0 Å². The number of benzene rings is 1. The molecule has 3 N–H and O–H groups in total. The first-order chi connectivity index (χ1) is 11.0. The molecule has 1 amide bonds. The SMILES string of the molecule is COC(=O)CSCc1cccc(NC(=O)C2(N)CCCCC2)c1. The summed E-state index contributed by atoms with van der Waals surface area (Å²) in [4.78, 5) is 23.6. The van der Waals surface area contributed by atoms with Crippen molar-refractivity contribution in [3.8, 4) is 0 Å². The molecule has 0 aliphatic heterocycles. The van der Waals surface area contributed by atoms with Gasteiger partial charge in [0.1, 0.15) is 0 Å². The van der Waals surface area contributed by atoms with E-state index in [1.54, 1.807) is 0 Å². The number of carbonyl (C=O) groups is 2. The maximum absolute atomic E-state index is 12.4. The van der Waals surface area contributed by atoms with Crippen LogP contribution >= 0.6 is 11.8 Å². The van der Waals surface area contributed by atoms with Crippen molar-refractivity contribution in [3.05, 3.63) is 29.8 Å². The second-order valence-corrected chi connectivity index (χ2v) is 6.93. The lowest BCUT2D eigenvalue weighted by atomic mass is 9.82. The normalized spacial score (nSPS) is 16.6. The molecule has 0 spiro atoms. The van der Waals surface area contributed by atoms with Crippen molar-refractivity contribution in [2.45, 2.75) is 43.4 Å². The summed E-state index contributed by atoms with van der Waals surface area (Å²) >= 11 is 1.48. The first-order valence-electron chi connectivity index (χ1n) is 7.87. The minimum Gasteiger partial charge on any atom is -0.468 e. The zero-order chi connectivity index (χ0) is 16.7. The van der Waals surface area contributed by atoms with Crippen LogP contribution in [0.1, 0.15) is 37.7 Å². The third kappa shape index (κ3) is 5.25. The Balaban J connectivity index is 1.91. The molecular weight excluding hydrogens is 312 g/mol. The molecule has 6 heteroatoms. The van der Waals surface area contributed by atoms with Gasteiger partial charge in [0.15, 0.2) is 0 Å². The summed E-state index contributed by atoms with van der Waals surface area (Å²) in [6.07, 6.45) is 4.66. The molecule has 0 saturated heterocycles. The van der Waals surface area contributed by atoms with Gasteiger partial charge in [-0.1, -0.05) is 31.4 Å². The van der Waals surface area contributed by atoms with Crippen molar-refractivity contribution in [2.24, 2.45) is 5.73 Å². The number of anilines is 1. The molecule has 126 valence electrons. The summed E-state index contributed by atoms with van der Waals surface area (Å²) in [5.41, 5.74) is 7.31. The van der Waals surface area contributed by atoms with Gasteiger partial charge >= 0.3 is 5.97 Å². The fourth-order valence-corrected chi connectivity index (χ4v) is 3.52. The van der Waals surface area contributed by atoms with Crippen molar-refractivity contribution in [1.29, 1.82) is 0 Å². The molecule has 23 heavy (non-hydrogen) atoms. The molecule has 5 nitrogen and oxygen atoms in total. The monoisotopic (exact) mass is 336 g/mol. The minimum absolute atomic E-state index is 0.100. The number of nitrogens with two attached hydrogens (primary N) is 1. The van der Waals surface area contributed by atoms with E-state index >= 15 is 0 Å². The number of hydrogen-bond acceptors (Lipinski definition) is 5. The van der Waals surface area contributed by atoms with Crippen LogP contribution < -0.4 is 11.1 Å². The second kappa shape index (κ2) is 8.36. The smallest absolute Gasteiger partial charge is 0.315 e. The highest BCUT2D eigenvalue weighted by Gasteiger charge is 2.35. The molecule has 0 atom stereocenters. The van der Waals surface area contributed by atoms with Crippen LogP contribution in [0.4, 0.5) is 5.69 Å². The molecule has 1 fully saturated rings. The Labute approximate surface area is 141 Å². The number of thioether (sulfide) groups is 1. The van der Waals surface area contributed by atoms with Crippen LogP contribution in [0.3, 0.4) is 0 Å². The van der Waals surface area contributed by atoms with Crippen LogP contribution in [0.15, 0.2) is 24.3 Å². The van der Waals surface area contributed by atoms with Crippen molar-refractivity contribution in [1.82, 2.24) is 0 Å². The third-order valence-corrected chi connectivity index (χ3v) is 5.08. The fraction of sp³-hybridized carbons (Fsp3) is 0.529. The van der Waals surface area contributed by atoms with Gasteiger partial charge in [-0.2, -0.15) is 0 Å². The molecule has 0 bridgehead atoms. The molecule has 0 radical (unpaired) electrons. The van der Waals surface area contributed by atoms with E-state index in [1.807, 2.05) is 24.3 Å². The molecular formula is C17H24N2O3S. The Morgan fingerprint density at radius 3 is 2.74 bits per heavy atom. The molecule has 2 rings (SSSR count). The third-order valence-electron chi connectivity index (χ3n) is 4.10. The Kier molecular flexibility index (Phi) is 6.47. The van der Waals surface area contributed by atoms with Crippen LogP contribution in [0.25, 0.3) is 0 Å². The van der Waals surface area contributed by atoms with Crippen LogP contribution in [0, 0.1) is 0 Å². The first-order valence-corrected chi connectivity index (χ1v) is 9.03. The van der Waals surface area contributed by atoms with Crippen LogP contribution in [0.2, 0.25) is 0 Å². The highest BCUT2D eigenvalue weighted by molar-refractivity contribution is 7.99. The van der Waals surface area contributed by atoms with E-state index in [1.165, 1.54) is 18.9 Å². The predicted molar refractivity (Wildman–Crippen MR) is 93.3 cm³/mol. The Morgan fingerprint density at radius 2 is 2.04 bits per heavy atom. The zero-order valence-electron chi connectivity index (χ0n) is 13.5. The average molecular weight is 336 g/mol. The lowest BCUT2D eigenvalue weighted by molar-refractivity contribution is -0.137. The van der Waals surface area contributed by atoms with Gasteiger partial charge in [-0.05, 0) is 30.5 Å². The molecule has 1 saturated carbocycles. The maximum Gasteiger partial charge on any atom is 0.315 e. The minimum atomic E-state index is -0.742. The zero-order valence-corrected chi connectivity index (χ0v) is 14.3. The van der Waals surface area contributed by atoms with E-state index < -0.39 is 5.54 Å². The van der Waals surface area contributed by atoms with Gasteiger partial charge in [0.2, 0.25) is 5.91 Å². The average Bonchev–Trinajstić information content (AvgIpc) is 2.55. The fourth-order valence-electron chi connectivity index (χ4n) is 2.72. The molecule has 1 aromatic rings. The molecule has 1 aliphatic carbocycles. The van der Waals surface area contributed by atoms with E-state index in [0.717, 1.165) is 43.4 Å². The Morgan fingerprint density at radius 1 is 1.30 bits per heavy atom. The number of rotatable bonds is 6. The molecule has 1 aromatic carbocycles. The van der Waals surface area contributed by atoms with E-state index in [9.17, 15) is 9.59 Å². The Bertz CT molecular complexity index is 557. The van der Waals surface area contributed by atoms with E-state index in [0.29, 0.717) is 11.5 Å². The number of carbonyl (C=O) groups excluding carboxylic acids is 2. The molecule has 1 aliphatic rings. The van der Waals surface area contributed by atoms with Crippen LogP contribution in [-0.4, -0.2) is 30.3 Å². The number of esters is 1. The number of amides is 1. The number of hydrogen-bond donors (Lipinski definition) is 2. The van der Waals surface area contributed by atoms with Gasteiger partial charge in [-0.15, -0.1) is 11.8 Å². The van der Waals surface area contributed by atoms with Crippen molar-refractivity contribution in [2.75, 3.05) is 18.2 Å². The van der Waals surface area contributed by atoms with E-state index in [-0.39, 0.29) is 11.9 Å². The van der Waals surface area contributed by atoms with Gasteiger partial charge < -0.3 is 15.8 Å². The van der Waals surface area contributed by atoms with Crippen LogP contribution in [-0.2, 0) is 20.1 Å². The van der Waals surface area contributed by atoms with E-state index in [4.69, 9.17) is 5.73 Å². The summed E-state index contributed by atoms with van der Waals surface area (Å²) in [6.45, 7) is 0. The van der Waals surface area contributed by atoms with Crippen molar-refractivity contribution < 1.29 is 14.3 Å². The Hall–Kier alpha value is -1.53. The largest absolute Gasteiger partial charge is 0.468 e. The molecule has 0 aromatic heterocycles. The van der Waals surface area contributed by atoms with Gasteiger partial charge in [0.05, 0.1) is 18.4 Å². The number of nitrogens with one attached hydrogen (secondary N) is 1. The summed E-state index contributed by atoms with van der Waals surface area (Å²) < 4.78 is 4.61. The van der Waals surface area contributed by atoms with Gasteiger partial charge in [-0.3, -0.25) is 9.59 Å². The second-order valence-electron chi connectivity index (χ2n) is 5.94. The van der Waals surface area contributed by atoms with Crippen molar-refractivity contribution >= 4 is 29.3 Å². The maximum atomic E-state index is 12.4. The highest BCUT2D eigenvalue weighted by Crippen LogP contribution is 2.27. The summed E-state index contributed by atoms with van der Waals surface area (Å²) in [6, 6.07) is 7.65. The van der Waals surface area contributed by atoms with E-state index in [2.05, 4.69) is 10.1 Å². The quantitative estimate of drug-likeness (QED) is 0.781. The summed E-state index contributed by atoms with van der Waals surface area (Å²) in [7, 11) is 1.38. The topological polar surface area (TPSA) is 81.4 Å². The van der Waals surface area contributed by atoms with Crippen LogP contribution in [0.5, 0.6) is 0 Å². The predicted octanol–water partition coefficient (Wildman–Crippen LogP) is 2.69. The lowest BCUT2D eigenvalue weighted by Crippen LogP contribution is -2.52. The highest BCUT2D eigenvalue weighted by atomic mass is 32.2. The molecule has 0 unspecified atom stereocenters. The first kappa shape index (κ1) is 17.8. The van der Waals surface area contributed by atoms with Gasteiger partial charge in [0, 0.05) is 11.4 Å². The lowest BCUT2D eigenvalue weighted by Gasteiger charge is -2.31. The molecule has 0 heterocycles. The summed E-state index contributed by atoms with van der Waals surface area (Å²) in [5, 5.41) is 2.94. The summed E-state index contributed by atoms with van der Waals surface area (Å²) in [5.74, 6) is 0.671. The standard InChI is InChI=1S/C17H24N2O3S/c1-22-15(20)12-23-11-13-6-5-7-14(10-13)19-16(21)17(18)8-3-2-4-9-17/h5-7,10H,2-4,8-9,11-12,18H2,1H3,(H,19,21). The number of ether oxygens (including phenoxy) is 1.